The Labute approximate surface area is 247 Å². The molecule has 1 fully saturated rings. The van der Waals surface area contributed by atoms with E-state index in [2.05, 4.69) is 26.6 Å². The number of halogens is 1. The van der Waals surface area contributed by atoms with Crippen LogP contribution in [0.15, 0.2) is 41.5 Å². The zero-order valence-electron chi connectivity index (χ0n) is 24.1. The van der Waals surface area contributed by atoms with Crippen molar-refractivity contribution in [2.24, 2.45) is 7.05 Å². The minimum atomic E-state index is -0.345. The number of benzene rings is 1. The Hall–Kier alpha value is -4.38. The molecule has 0 radical (unpaired) electrons. The van der Waals surface area contributed by atoms with Crippen molar-refractivity contribution >= 4 is 45.2 Å². The predicted molar refractivity (Wildman–Crippen MR) is 163 cm³/mol. The van der Waals surface area contributed by atoms with Crippen LogP contribution in [-0.4, -0.2) is 67.3 Å². The number of pyridine rings is 2. The number of fused-ring (bicyclic) bond motifs is 3. The molecule has 4 aromatic heterocycles. The van der Waals surface area contributed by atoms with Crippen LogP contribution in [0.3, 0.4) is 0 Å². The second-order valence-electron chi connectivity index (χ2n) is 10.9. The minimum Gasteiger partial charge on any atom is -0.453 e. The minimum absolute atomic E-state index is 0.0591. The van der Waals surface area contributed by atoms with Crippen molar-refractivity contribution in [2.75, 3.05) is 32.1 Å². The molecule has 1 amide bonds. The third-order valence-corrected chi connectivity index (χ3v) is 8.30. The highest BCUT2D eigenvalue weighted by Gasteiger charge is 2.28. The Morgan fingerprint density at radius 1 is 1.21 bits per heavy atom. The lowest BCUT2D eigenvalue weighted by molar-refractivity contribution is 0.102. The third kappa shape index (κ3) is 4.87. The monoisotopic (exact) mass is 588 g/mol. The number of carbonyl (C=O) groups is 1. The second-order valence-corrected chi connectivity index (χ2v) is 11.3. The zero-order valence-corrected chi connectivity index (χ0v) is 24.8. The standard InChI is InChI=1S/C30H33ClN8O3/c1-17-12-19(9-10-32-24-7-8-25(31)35-27(24)22-14-33-36-18(22)2)26-21(13-17)29(40)37(3)28-23(26)15-34-39(28)20-6-5-11-38(16-20)30(41)42-4/h7-8,12-15,20,32H,5-6,9-11,16H2,1-4H3,(H,33,36). The van der Waals surface area contributed by atoms with Crippen molar-refractivity contribution in [3.8, 4) is 11.3 Å². The van der Waals surface area contributed by atoms with Gasteiger partial charge >= 0.3 is 6.09 Å². The molecule has 1 aliphatic heterocycles. The van der Waals surface area contributed by atoms with E-state index in [1.54, 1.807) is 28.8 Å². The molecule has 2 N–H and O–H groups in total. The summed E-state index contributed by atoms with van der Waals surface area (Å²) in [5.74, 6) is 0. The first-order chi connectivity index (χ1) is 20.3. The van der Waals surface area contributed by atoms with Gasteiger partial charge in [-0.25, -0.2) is 14.5 Å². The van der Waals surface area contributed by atoms with Crippen molar-refractivity contribution < 1.29 is 9.53 Å². The molecule has 1 saturated heterocycles. The first kappa shape index (κ1) is 27.8. The van der Waals surface area contributed by atoms with Gasteiger partial charge in [-0.05, 0) is 56.9 Å². The zero-order chi connectivity index (χ0) is 29.5. The summed E-state index contributed by atoms with van der Waals surface area (Å²) in [5, 5.41) is 18.3. The number of likely N-dealkylation sites (tertiary alicyclic amines) is 1. The van der Waals surface area contributed by atoms with Gasteiger partial charge in [-0.15, -0.1) is 0 Å². The largest absolute Gasteiger partial charge is 0.453 e. The SMILES string of the molecule is COC(=O)N1CCCC(n2ncc3c4c(CCNc5ccc(Cl)nc5-c5cn[nH]c5C)cc(C)cc4c(=O)n(C)c32)C1. The number of anilines is 1. The Morgan fingerprint density at radius 3 is 2.81 bits per heavy atom. The molecule has 11 nitrogen and oxygen atoms in total. The van der Waals surface area contributed by atoms with Crippen LogP contribution in [0.2, 0.25) is 5.15 Å². The fourth-order valence-electron chi connectivity index (χ4n) is 6.11. The molecule has 0 saturated carbocycles. The fourth-order valence-corrected chi connectivity index (χ4v) is 6.26. The summed E-state index contributed by atoms with van der Waals surface area (Å²) in [7, 11) is 3.19. The molecule has 1 unspecified atom stereocenters. The molecule has 12 heteroatoms. The summed E-state index contributed by atoms with van der Waals surface area (Å²) in [6.45, 7) is 5.68. The third-order valence-electron chi connectivity index (χ3n) is 8.09. The number of aryl methyl sites for hydroxylation is 3. The van der Waals surface area contributed by atoms with Gasteiger partial charge in [0.1, 0.15) is 10.8 Å². The Kier molecular flexibility index (Phi) is 7.36. The van der Waals surface area contributed by atoms with Gasteiger partial charge in [0, 0.05) is 54.1 Å². The van der Waals surface area contributed by atoms with Gasteiger partial charge in [0.15, 0.2) is 0 Å². The van der Waals surface area contributed by atoms with Crippen molar-refractivity contribution in [1.29, 1.82) is 0 Å². The van der Waals surface area contributed by atoms with Gasteiger partial charge in [-0.1, -0.05) is 23.2 Å². The number of nitrogens with one attached hydrogen (secondary N) is 2. The maximum Gasteiger partial charge on any atom is 0.409 e. The number of nitrogens with zero attached hydrogens (tertiary/aromatic N) is 6. The molecular weight excluding hydrogens is 556 g/mol. The molecule has 0 spiro atoms. The van der Waals surface area contributed by atoms with E-state index in [-0.39, 0.29) is 17.7 Å². The molecule has 6 rings (SSSR count). The van der Waals surface area contributed by atoms with Crippen LogP contribution in [0.4, 0.5) is 10.5 Å². The number of rotatable bonds is 6. The predicted octanol–water partition coefficient (Wildman–Crippen LogP) is 5.00. The van der Waals surface area contributed by atoms with Crippen molar-refractivity contribution in [3.63, 3.8) is 0 Å². The quantitative estimate of drug-likeness (QED) is 0.268. The lowest BCUT2D eigenvalue weighted by atomic mass is 9.98. The summed E-state index contributed by atoms with van der Waals surface area (Å²) in [6.07, 6.45) is 5.60. The summed E-state index contributed by atoms with van der Waals surface area (Å²) in [4.78, 5) is 32.2. The van der Waals surface area contributed by atoms with E-state index in [4.69, 9.17) is 21.4 Å². The molecule has 5 heterocycles. The molecule has 42 heavy (non-hydrogen) atoms. The lowest BCUT2D eigenvalue weighted by Gasteiger charge is -2.32. The van der Waals surface area contributed by atoms with Crippen molar-refractivity contribution in [3.05, 3.63) is 69.0 Å². The van der Waals surface area contributed by atoms with Crippen molar-refractivity contribution in [2.45, 2.75) is 39.2 Å². The lowest BCUT2D eigenvalue weighted by Crippen LogP contribution is -2.41. The van der Waals surface area contributed by atoms with E-state index in [1.807, 2.05) is 36.9 Å². The molecule has 1 aliphatic rings. The average molecular weight is 589 g/mol. The molecule has 0 bridgehead atoms. The maximum atomic E-state index is 13.7. The molecule has 5 aromatic rings. The number of ether oxygens (including phenoxy) is 1. The van der Waals surface area contributed by atoms with E-state index < -0.39 is 0 Å². The Bertz CT molecular complexity index is 1870. The fraction of sp³-hybridized carbons (Fsp3) is 0.367. The van der Waals surface area contributed by atoms with E-state index in [0.29, 0.717) is 36.6 Å². The summed E-state index contributed by atoms with van der Waals surface area (Å²) < 4.78 is 8.55. The van der Waals surface area contributed by atoms with E-state index in [9.17, 15) is 9.59 Å². The number of amides is 1. The topological polar surface area (TPSA) is 123 Å². The normalized spacial score (nSPS) is 15.5. The van der Waals surface area contributed by atoms with Gasteiger partial charge in [-0.2, -0.15) is 10.2 Å². The number of aromatic amines is 1. The van der Waals surface area contributed by atoms with Gasteiger partial charge < -0.3 is 15.0 Å². The molecule has 1 aromatic carbocycles. The van der Waals surface area contributed by atoms with Crippen LogP contribution in [0.25, 0.3) is 33.1 Å². The highest BCUT2D eigenvalue weighted by Crippen LogP contribution is 2.32. The second kappa shape index (κ2) is 11.1. The highest BCUT2D eigenvalue weighted by molar-refractivity contribution is 6.29. The van der Waals surface area contributed by atoms with Crippen LogP contribution in [0, 0.1) is 13.8 Å². The van der Waals surface area contributed by atoms with Crippen molar-refractivity contribution in [1.82, 2.24) is 34.4 Å². The van der Waals surface area contributed by atoms with Gasteiger partial charge in [-0.3, -0.25) is 14.5 Å². The smallest absolute Gasteiger partial charge is 0.409 e. The van der Waals surface area contributed by atoms with Gasteiger partial charge in [0.25, 0.3) is 5.56 Å². The van der Waals surface area contributed by atoms with E-state index in [1.165, 1.54) is 7.11 Å². The molecule has 1 atom stereocenters. The van der Waals surface area contributed by atoms with Crippen LogP contribution in [-0.2, 0) is 18.2 Å². The number of carbonyl (C=O) groups excluding carboxylic acids is 1. The van der Waals surface area contributed by atoms with Gasteiger partial charge in [0.2, 0.25) is 0 Å². The highest BCUT2D eigenvalue weighted by atomic mass is 35.5. The Balaban J connectivity index is 1.37. The molecule has 0 aliphatic carbocycles. The molecular formula is C30H33ClN8O3. The van der Waals surface area contributed by atoms with Crippen LogP contribution < -0.4 is 10.9 Å². The first-order valence-corrected chi connectivity index (χ1v) is 14.4. The average Bonchev–Trinajstić information content (AvgIpc) is 3.62. The number of aromatic nitrogens is 6. The number of hydrogen-bond acceptors (Lipinski definition) is 7. The summed E-state index contributed by atoms with van der Waals surface area (Å²) in [5.41, 5.74) is 6.12. The number of H-pyrrole nitrogens is 1. The maximum absolute atomic E-state index is 13.7. The van der Waals surface area contributed by atoms with Crippen LogP contribution in [0.5, 0.6) is 0 Å². The summed E-state index contributed by atoms with van der Waals surface area (Å²) >= 11 is 6.24. The number of piperidine rings is 1. The Morgan fingerprint density at radius 2 is 2.05 bits per heavy atom. The first-order valence-electron chi connectivity index (χ1n) is 14.0. The van der Waals surface area contributed by atoms with Gasteiger partial charge in [0.05, 0.1) is 36.9 Å². The number of hydrogen-bond donors (Lipinski definition) is 2. The van der Waals surface area contributed by atoms with E-state index in [0.717, 1.165) is 63.0 Å². The molecule has 218 valence electrons. The van der Waals surface area contributed by atoms with E-state index >= 15 is 0 Å². The number of methoxy groups -OCH3 is 1. The van der Waals surface area contributed by atoms with Crippen LogP contribution in [0.1, 0.15) is 35.7 Å². The van der Waals surface area contributed by atoms with Crippen LogP contribution >= 0.6 is 11.6 Å². The summed E-state index contributed by atoms with van der Waals surface area (Å²) in [6, 6.07) is 7.72.